The lowest BCUT2D eigenvalue weighted by molar-refractivity contribution is -0.129. The van der Waals surface area contributed by atoms with Gasteiger partial charge in [0, 0.05) is 6.42 Å². The summed E-state index contributed by atoms with van der Waals surface area (Å²) in [6.07, 6.45) is 25.0. The third-order valence-electron chi connectivity index (χ3n) is 6.44. The monoisotopic (exact) mass is 390 g/mol. The van der Waals surface area contributed by atoms with Gasteiger partial charge in [-0.15, -0.1) is 0 Å². The van der Waals surface area contributed by atoms with Crippen molar-refractivity contribution in [3.8, 4) is 0 Å². The number of carbonyl (C=O) groups excluding carboxylic acids is 1. The highest BCUT2D eigenvalue weighted by Gasteiger charge is 2.41. The van der Waals surface area contributed by atoms with Crippen molar-refractivity contribution in [2.75, 3.05) is 0 Å². The molecule has 0 aromatic heterocycles. The van der Waals surface area contributed by atoms with Gasteiger partial charge < -0.3 is 5.11 Å². The van der Waals surface area contributed by atoms with Crippen LogP contribution in [0.15, 0.2) is 24.3 Å². The number of ketones is 1. The van der Waals surface area contributed by atoms with Crippen LogP contribution in [0.2, 0.25) is 0 Å². The number of rotatable bonds is 17. The van der Waals surface area contributed by atoms with Gasteiger partial charge in [-0.2, -0.15) is 0 Å². The minimum atomic E-state index is -0.334. The summed E-state index contributed by atoms with van der Waals surface area (Å²) in [5, 5.41) is 9.87. The molecule has 0 radical (unpaired) electrons. The van der Waals surface area contributed by atoms with Crippen LogP contribution < -0.4 is 0 Å². The molecule has 1 aliphatic rings. The highest BCUT2D eigenvalue weighted by Crippen LogP contribution is 2.44. The number of Topliss-reactive ketones (excluding diaryl/α,β-unsaturated/α-hetero) is 1. The Kier molecular flexibility index (Phi) is 13.5. The maximum Gasteiger partial charge on any atom is 0.143 e. The third-order valence-corrected chi connectivity index (χ3v) is 6.44. The number of aliphatic hydroxyl groups is 1. The number of carbonyl (C=O) groups is 1. The third kappa shape index (κ3) is 9.07. The average Bonchev–Trinajstić information content (AvgIpc) is 2.70. The molecular formula is C26H46O2. The Morgan fingerprint density at radius 1 is 0.893 bits per heavy atom. The van der Waals surface area contributed by atoms with Crippen molar-refractivity contribution in [1.82, 2.24) is 0 Å². The normalized spacial score (nSPS) is 21.0. The van der Waals surface area contributed by atoms with E-state index in [9.17, 15) is 9.90 Å². The Balaban J connectivity index is 2.77. The van der Waals surface area contributed by atoms with Gasteiger partial charge in [-0.3, -0.25) is 4.79 Å². The molecular weight excluding hydrogens is 344 g/mol. The highest BCUT2D eigenvalue weighted by atomic mass is 16.3. The van der Waals surface area contributed by atoms with Crippen molar-refractivity contribution < 1.29 is 9.90 Å². The molecule has 3 unspecified atom stereocenters. The molecule has 1 aliphatic carbocycles. The van der Waals surface area contributed by atoms with Gasteiger partial charge in [-0.25, -0.2) is 0 Å². The van der Waals surface area contributed by atoms with Crippen LogP contribution in [0.5, 0.6) is 0 Å². The van der Waals surface area contributed by atoms with Crippen LogP contribution in [0, 0.1) is 11.3 Å². The van der Waals surface area contributed by atoms with E-state index in [1.807, 2.05) is 6.92 Å². The Morgan fingerprint density at radius 2 is 1.54 bits per heavy atom. The summed E-state index contributed by atoms with van der Waals surface area (Å²) in [6, 6.07) is 0. The Labute approximate surface area is 174 Å². The number of hydrogen-bond donors (Lipinski definition) is 1. The summed E-state index contributed by atoms with van der Waals surface area (Å²) >= 11 is 0. The second-order valence-corrected chi connectivity index (χ2v) is 8.95. The molecule has 0 aliphatic heterocycles. The molecule has 1 N–H and O–H groups in total. The van der Waals surface area contributed by atoms with Crippen LogP contribution in [0.3, 0.4) is 0 Å². The van der Waals surface area contributed by atoms with E-state index in [1.165, 1.54) is 57.8 Å². The lowest BCUT2D eigenvalue weighted by atomic mass is 9.64. The van der Waals surface area contributed by atoms with Gasteiger partial charge >= 0.3 is 0 Å². The van der Waals surface area contributed by atoms with Gasteiger partial charge in [0.25, 0.3) is 0 Å². The van der Waals surface area contributed by atoms with Gasteiger partial charge in [0.05, 0.1) is 11.5 Å². The number of aliphatic hydroxyl groups excluding tert-OH is 1. The molecule has 0 heterocycles. The first-order valence-corrected chi connectivity index (χ1v) is 12.1. The second kappa shape index (κ2) is 15.0. The van der Waals surface area contributed by atoms with Gasteiger partial charge in [0.15, 0.2) is 0 Å². The van der Waals surface area contributed by atoms with Crippen molar-refractivity contribution in [1.29, 1.82) is 0 Å². The van der Waals surface area contributed by atoms with E-state index in [0.717, 1.165) is 32.1 Å². The summed E-state index contributed by atoms with van der Waals surface area (Å²) in [6.45, 7) is 6.35. The van der Waals surface area contributed by atoms with Crippen LogP contribution in [0.4, 0.5) is 0 Å². The Hall–Kier alpha value is -0.890. The number of unbranched alkanes of at least 4 members (excludes halogenated alkanes) is 8. The van der Waals surface area contributed by atoms with Crippen molar-refractivity contribution in [2.45, 2.75) is 123 Å². The maximum atomic E-state index is 13.4. The molecule has 2 heteroatoms. The topological polar surface area (TPSA) is 37.3 Å². The van der Waals surface area contributed by atoms with E-state index in [4.69, 9.17) is 0 Å². The molecule has 162 valence electrons. The molecule has 1 rings (SSSR count). The van der Waals surface area contributed by atoms with Crippen molar-refractivity contribution in [3.05, 3.63) is 24.3 Å². The quantitative estimate of drug-likeness (QED) is 0.260. The summed E-state index contributed by atoms with van der Waals surface area (Å²) in [7, 11) is 0. The first kappa shape index (κ1) is 25.1. The Bertz CT molecular complexity index is 463. The largest absolute Gasteiger partial charge is 0.393 e. The molecule has 28 heavy (non-hydrogen) atoms. The molecule has 2 nitrogen and oxygen atoms in total. The molecule has 0 aromatic rings. The fourth-order valence-electron chi connectivity index (χ4n) is 4.59. The SMILES string of the molecule is CCCCCCCC(=O)C1(C(CCCCCCC)CCC(C)O)C=CC=CC1. The molecule has 0 bridgehead atoms. The second-order valence-electron chi connectivity index (χ2n) is 8.95. The van der Waals surface area contributed by atoms with E-state index in [2.05, 4.69) is 38.2 Å². The van der Waals surface area contributed by atoms with Gasteiger partial charge in [-0.1, -0.05) is 95.9 Å². The Morgan fingerprint density at radius 3 is 2.11 bits per heavy atom. The summed E-state index contributed by atoms with van der Waals surface area (Å²) in [5.41, 5.74) is -0.334. The van der Waals surface area contributed by atoms with Crippen LogP contribution in [-0.4, -0.2) is 17.0 Å². The fraction of sp³-hybridized carbons (Fsp3) is 0.808. The maximum absolute atomic E-state index is 13.4. The van der Waals surface area contributed by atoms with E-state index in [-0.39, 0.29) is 11.5 Å². The van der Waals surface area contributed by atoms with Gasteiger partial charge in [0.2, 0.25) is 0 Å². The molecule has 0 amide bonds. The van der Waals surface area contributed by atoms with Crippen LogP contribution in [0.1, 0.15) is 117 Å². The molecule has 0 saturated heterocycles. The zero-order valence-corrected chi connectivity index (χ0v) is 18.9. The van der Waals surface area contributed by atoms with Crippen LogP contribution in [-0.2, 0) is 4.79 Å². The van der Waals surface area contributed by atoms with E-state index < -0.39 is 0 Å². The zero-order chi connectivity index (χ0) is 20.7. The molecule has 0 fully saturated rings. The lowest BCUT2D eigenvalue weighted by Crippen LogP contribution is -2.38. The van der Waals surface area contributed by atoms with Gasteiger partial charge in [0.1, 0.15) is 5.78 Å². The minimum Gasteiger partial charge on any atom is -0.393 e. The summed E-state index contributed by atoms with van der Waals surface area (Å²) < 4.78 is 0. The summed E-state index contributed by atoms with van der Waals surface area (Å²) in [4.78, 5) is 13.4. The van der Waals surface area contributed by atoms with Crippen molar-refractivity contribution >= 4 is 5.78 Å². The lowest BCUT2D eigenvalue weighted by Gasteiger charge is -2.39. The van der Waals surface area contributed by atoms with E-state index >= 15 is 0 Å². The summed E-state index contributed by atoms with van der Waals surface area (Å²) in [5.74, 6) is 0.793. The smallest absolute Gasteiger partial charge is 0.143 e. The van der Waals surface area contributed by atoms with Gasteiger partial charge in [-0.05, 0) is 44.9 Å². The fourth-order valence-corrected chi connectivity index (χ4v) is 4.59. The van der Waals surface area contributed by atoms with Crippen LogP contribution >= 0.6 is 0 Å². The van der Waals surface area contributed by atoms with Crippen LogP contribution in [0.25, 0.3) is 0 Å². The first-order chi connectivity index (χ1) is 13.6. The van der Waals surface area contributed by atoms with E-state index in [0.29, 0.717) is 18.1 Å². The minimum absolute atomic E-state index is 0.285. The first-order valence-electron chi connectivity index (χ1n) is 12.1. The van der Waals surface area contributed by atoms with Crippen molar-refractivity contribution in [3.63, 3.8) is 0 Å². The molecule has 0 aromatic carbocycles. The average molecular weight is 391 g/mol. The molecule has 3 atom stereocenters. The zero-order valence-electron chi connectivity index (χ0n) is 18.9. The standard InChI is InChI=1S/C26H46O2/c1-4-6-8-10-13-17-24(20-19-23(3)27)26(21-15-12-16-22-26)25(28)18-14-11-9-7-5-2/h12,15-16,21,23-24,27H,4-11,13-14,17-20,22H2,1-3H3. The van der Waals surface area contributed by atoms with E-state index in [1.54, 1.807) is 0 Å². The number of allylic oxidation sites excluding steroid dienone is 4. The predicted molar refractivity (Wildman–Crippen MR) is 121 cm³/mol. The molecule has 0 spiro atoms. The predicted octanol–water partition coefficient (Wildman–Crippen LogP) is 7.56. The van der Waals surface area contributed by atoms with Crippen molar-refractivity contribution in [2.24, 2.45) is 11.3 Å². The highest BCUT2D eigenvalue weighted by molar-refractivity contribution is 5.87. The molecule has 0 saturated carbocycles. The number of hydrogen-bond acceptors (Lipinski definition) is 2.